The van der Waals surface area contributed by atoms with Crippen LogP contribution in [-0.2, 0) is 9.59 Å². The lowest BCUT2D eigenvalue weighted by Crippen LogP contribution is -2.44. The molecule has 98 valence electrons. The highest BCUT2D eigenvalue weighted by atomic mass is 16.4. The van der Waals surface area contributed by atoms with E-state index in [1.807, 2.05) is 11.0 Å². The van der Waals surface area contributed by atoms with E-state index in [-0.39, 0.29) is 23.7 Å². The third kappa shape index (κ3) is 1.74. The van der Waals surface area contributed by atoms with Crippen molar-refractivity contribution >= 4 is 11.9 Å². The summed E-state index contributed by atoms with van der Waals surface area (Å²) in [5.41, 5.74) is 0. The summed E-state index contributed by atoms with van der Waals surface area (Å²) in [6.45, 7) is 1.62. The van der Waals surface area contributed by atoms with Crippen LogP contribution in [0.1, 0.15) is 25.7 Å². The molecule has 0 aromatic rings. The number of piperidine rings is 1. The second kappa shape index (κ2) is 4.41. The van der Waals surface area contributed by atoms with Crippen molar-refractivity contribution in [2.45, 2.75) is 25.7 Å². The van der Waals surface area contributed by atoms with Gasteiger partial charge in [-0.2, -0.15) is 0 Å². The molecule has 0 spiro atoms. The lowest BCUT2D eigenvalue weighted by molar-refractivity contribution is -0.151. The molecular formula is C14H19NO3. The van der Waals surface area contributed by atoms with E-state index in [4.69, 9.17) is 0 Å². The molecule has 0 radical (unpaired) electrons. The Kier molecular flexibility index (Phi) is 2.88. The smallest absolute Gasteiger partial charge is 0.307 e. The molecule has 2 bridgehead atoms. The van der Waals surface area contributed by atoms with E-state index < -0.39 is 11.9 Å². The Morgan fingerprint density at radius 3 is 2.22 bits per heavy atom. The molecule has 2 aliphatic carbocycles. The first-order chi connectivity index (χ1) is 8.68. The Morgan fingerprint density at radius 2 is 1.61 bits per heavy atom. The third-order valence-electron chi connectivity index (χ3n) is 4.70. The minimum Gasteiger partial charge on any atom is -0.481 e. The minimum absolute atomic E-state index is 0.0752. The van der Waals surface area contributed by atoms with Crippen LogP contribution in [0.4, 0.5) is 0 Å². The molecule has 0 aromatic carbocycles. The topological polar surface area (TPSA) is 57.6 Å². The molecule has 1 saturated carbocycles. The van der Waals surface area contributed by atoms with Gasteiger partial charge in [0.15, 0.2) is 0 Å². The average molecular weight is 249 g/mol. The normalized spacial score (nSPS) is 38.1. The van der Waals surface area contributed by atoms with Gasteiger partial charge in [-0.05, 0) is 37.5 Å². The number of hydrogen-bond acceptors (Lipinski definition) is 2. The Labute approximate surface area is 107 Å². The van der Waals surface area contributed by atoms with Crippen LogP contribution >= 0.6 is 0 Å². The van der Waals surface area contributed by atoms with Crippen LogP contribution in [0.5, 0.6) is 0 Å². The van der Waals surface area contributed by atoms with E-state index in [1.165, 1.54) is 6.42 Å². The van der Waals surface area contributed by atoms with Crippen molar-refractivity contribution < 1.29 is 14.7 Å². The molecule has 3 aliphatic rings. The highest BCUT2D eigenvalue weighted by Crippen LogP contribution is 2.48. The van der Waals surface area contributed by atoms with Crippen LogP contribution in [0.15, 0.2) is 12.2 Å². The number of rotatable bonds is 2. The highest BCUT2D eigenvalue weighted by Gasteiger charge is 2.52. The van der Waals surface area contributed by atoms with E-state index >= 15 is 0 Å². The lowest BCUT2D eigenvalue weighted by Gasteiger charge is -2.33. The molecule has 1 N–H and O–H groups in total. The summed E-state index contributed by atoms with van der Waals surface area (Å²) in [5.74, 6) is -1.29. The van der Waals surface area contributed by atoms with Crippen molar-refractivity contribution in [2.24, 2.45) is 23.7 Å². The van der Waals surface area contributed by atoms with Gasteiger partial charge in [0.2, 0.25) is 5.91 Å². The zero-order valence-corrected chi connectivity index (χ0v) is 10.4. The van der Waals surface area contributed by atoms with Crippen molar-refractivity contribution in [1.82, 2.24) is 4.90 Å². The third-order valence-corrected chi connectivity index (χ3v) is 4.70. The Bertz CT molecular complexity index is 398. The fourth-order valence-electron chi connectivity index (χ4n) is 3.82. The van der Waals surface area contributed by atoms with Crippen molar-refractivity contribution in [3.63, 3.8) is 0 Å². The molecule has 1 heterocycles. The van der Waals surface area contributed by atoms with E-state index in [9.17, 15) is 14.7 Å². The van der Waals surface area contributed by atoms with Gasteiger partial charge in [0, 0.05) is 13.1 Å². The van der Waals surface area contributed by atoms with Gasteiger partial charge in [-0.25, -0.2) is 0 Å². The summed E-state index contributed by atoms with van der Waals surface area (Å²) < 4.78 is 0. The quantitative estimate of drug-likeness (QED) is 0.755. The van der Waals surface area contributed by atoms with Crippen molar-refractivity contribution in [2.75, 3.05) is 13.1 Å². The minimum atomic E-state index is -0.804. The predicted octanol–water partition coefficient (Wildman–Crippen LogP) is 1.52. The monoisotopic (exact) mass is 249 g/mol. The van der Waals surface area contributed by atoms with Gasteiger partial charge in [-0.15, -0.1) is 0 Å². The average Bonchev–Trinajstić information content (AvgIpc) is 2.99. The van der Waals surface area contributed by atoms with Crippen molar-refractivity contribution in [1.29, 1.82) is 0 Å². The number of aliphatic carboxylic acids is 1. The first-order valence-corrected chi connectivity index (χ1v) is 6.88. The van der Waals surface area contributed by atoms with E-state index in [0.29, 0.717) is 0 Å². The Balaban J connectivity index is 1.79. The molecule has 0 aromatic heterocycles. The number of carbonyl (C=O) groups excluding carboxylic acids is 1. The molecule has 2 fully saturated rings. The maximum absolute atomic E-state index is 12.5. The number of carboxylic acids is 1. The largest absolute Gasteiger partial charge is 0.481 e. The highest BCUT2D eigenvalue weighted by molar-refractivity contribution is 5.87. The van der Waals surface area contributed by atoms with Crippen LogP contribution in [-0.4, -0.2) is 35.0 Å². The molecule has 4 heteroatoms. The van der Waals surface area contributed by atoms with Crippen LogP contribution in [0.25, 0.3) is 0 Å². The molecule has 1 saturated heterocycles. The van der Waals surface area contributed by atoms with Crippen LogP contribution in [0.2, 0.25) is 0 Å². The fourth-order valence-corrected chi connectivity index (χ4v) is 3.82. The first kappa shape index (κ1) is 11.8. The molecule has 4 atom stereocenters. The number of allylic oxidation sites excluding steroid dienone is 2. The number of nitrogens with zero attached hydrogens (tertiary/aromatic N) is 1. The maximum atomic E-state index is 12.5. The summed E-state index contributed by atoms with van der Waals surface area (Å²) in [6.07, 6.45) is 8.18. The first-order valence-electron chi connectivity index (χ1n) is 6.88. The summed E-state index contributed by atoms with van der Waals surface area (Å²) in [5, 5.41) is 9.35. The van der Waals surface area contributed by atoms with E-state index in [2.05, 4.69) is 6.08 Å². The predicted molar refractivity (Wildman–Crippen MR) is 65.8 cm³/mol. The van der Waals surface area contributed by atoms with Crippen LogP contribution < -0.4 is 0 Å². The fraction of sp³-hybridized carbons (Fsp3) is 0.714. The zero-order chi connectivity index (χ0) is 12.7. The van der Waals surface area contributed by atoms with Gasteiger partial charge in [0.1, 0.15) is 0 Å². The number of carboxylic acid groups (broad SMARTS) is 1. The van der Waals surface area contributed by atoms with Crippen molar-refractivity contribution in [3.8, 4) is 0 Å². The maximum Gasteiger partial charge on any atom is 0.307 e. The van der Waals surface area contributed by atoms with E-state index in [0.717, 1.165) is 32.4 Å². The van der Waals surface area contributed by atoms with Gasteiger partial charge >= 0.3 is 5.97 Å². The van der Waals surface area contributed by atoms with Crippen molar-refractivity contribution in [3.05, 3.63) is 12.2 Å². The summed E-state index contributed by atoms with van der Waals surface area (Å²) in [4.78, 5) is 25.8. The number of carbonyl (C=O) groups is 2. The van der Waals surface area contributed by atoms with Gasteiger partial charge in [-0.1, -0.05) is 12.2 Å². The van der Waals surface area contributed by atoms with Crippen LogP contribution in [0, 0.1) is 23.7 Å². The SMILES string of the molecule is O=C(O)C1C(C(=O)N2CCCCC2)[C@H]2C=C[C@@H]1C2. The summed E-state index contributed by atoms with van der Waals surface area (Å²) >= 11 is 0. The number of likely N-dealkylation sites (tertiary alicyclic amines) is 1. The summed E-state index contributed by atoms with van der Waals surface area (Å²) in [6, 6.07) is 0. The number of amides is 1. The number of hydrogen-bond donors (Lipinski definition) is 1. The number of fused-ring (bicyclic) bond motifs is 2. The molecule has 2 unspecified atom stereocenters. The van der Waals surface area contributed by atoms with Gasteiger partial charge in [-0.3, -0.25) is 9.59 Å². The van der Waals surface area contributed by atoms with Gasteiger partial charge in [0.25, 0.3) is 0 Å². The van der Waals surface area contributed by atoms with Gasteiger partial charge in [0.05, 0.1) is 11.8 Å². The van der Waals surface area contributed by atoms with Gasteiger partial charge < -0.3 is 10.0 Å². The second-order valence-electron chi connectivity index (χ2n) is 5.72. The second-order valence-corrected chi connectivity index (χ2v) is 5.72. The van der Waals surface area contributed by atoms with Crippen LogP contribution in [0.3, 0.4) is 0 Å². The Morgan fingerprint density at radius 1 is 1.00 bits per heavy atom. The molecule has 18 heavy (non-hydrogen) atoms. The lowest BCUT2D eigenvalue weighted by atomic mass is 9.82. The van der Waals surface area contributed by atoms with E-state index in [1.54, 1.807) is 0 Å². The zero-order valence-electron chi connectivity index (χ0n) is 10.4. The summed E-state index contributed by atoms with van der Waals surface area (Å²) in [7, 11) is 0. The molecular weight excluding hydrogens is 230 g/mol. The molecule has 1 amide bonds. The molecule has 1 aliphatic heterocycles. The Hall–Kier alpha value is -1.32. The standard InChI is InChI=1S/C14H19NO3/c16-13(15-6-2-1-3-7-15)11-9-4-5-10(8-9)12(11)14(17)18/h4-5,9-12H,1-3,6-8H2,(H,17,18)/t9-,10+,11?,12?/m0/s1. The molecule has 3 rings (SSSR count). The molecule has 4 nitrogen and oxygen atoms in total.